The Bertz CT molecular complexity index is 1340. The molecular formula is C26H19FN2O2S. The highest BCUT2D eigenvalue weighted by Gasteiger charge is 2.39. The summed E-state index contributed by atoms with van der Waals surface area (Å²) in [5.74, 6) is -0.985. The molecule has 0 saturated carbocycles. The number of imide groups is 1. The number of nitrogens with one attached hydrogen (secondary N) is 1. The molecule has 0 bridgehead atoms. The highest BCUT2D eigenvalue weighted by molar-refractivity contribution is 7.11. The summed E-state index contributed by atoms with van der Waals surface area (Å²) in [6.07, 6.45) is 0.455. The van der Waals surface area contributed by atoms with E-state index in [-0.39, 0.29) is 29.9 Å². The van der Waals surface area contributed by atoms with Gasteiger partial charge >= 0.3 is 0 Å². The van der Waals surface area contributed by atoms with Crippen LogP contribution in [0.1, 0.15) is 10.4 Å². The zero-order chi connectivity index (χ0) is 22.1. The molecule has 0 spiro atoms. The van der Waals surface area contributed by atoms with Gasteiger partial charge in [0.05, 0.1) is 5.57 Å². The standard InChI is InChI=1S/C26H19FN2O2S/c27-19-12-10-17(11-13-19)14-15-29-25(30)23(22-9-4-16-32-22)24(26(29)31)28-21-8-3-6-18-5-1-2-7-20(18)21/h1-13,16,28H,14-15H2. The lowest BCUT2D eigenvalue weighted by atomic mass is 10.1. The van der Waals surface area contributed by atoms with Crippen molar-refractivity contribution in [3.63, 3.8) is 0 Å². The van der Waals surface area contributed by atoms with Crippen LogP contribution in [0.4, 0.5) is 10.1 Å². The molecular weight excluding hydrogens is 423 g/mol. The average molecular weight is 443 g/mol. The first-order chi connectivity index (χ1) is 15.6. The summed E-state index contributed by atoms with van der Waals surface area (Å²) in [5, 5.41) is 7.16. The second-order valence-corrected chi connectivity index (χ2v) is 8.47. The lowest BCUT2D eigenvalue weighted by Crippen LogP contribution is -2.34. The van der Waals surface area contributed by atoms with Crippen LogP contribution in [-0.4, -0.2) is 23.3 Å². The molecule has 0 fully saturated rings. The zero-order valence-corrected chi connectivity index (χ0v) is 17.9. The summed E-state index contributed by atoms with van der Waals surface area (Å²) in [5.41, 5.74) is 2.30. The van der Waals surface area contributed by atoms with Gasteiger partial charge in [-0.3, -0.25) is 14.5 Å². The van der Waals surface area contributed by atoms with E-state index in [0.717, 1.165) is 26.9 Å². The van der Waals surface area contributed by atoms with Gasteiger partial charge in [-0.2, -0.15) is 0 Å². The molecule has 4 nitrogen and oxygen atoms in total. The number of hydrogen-bond donors (Lipinski definition) is 1. The van der Waals surface area contributed by atoms with E-state index in [2.05, 4.69) is 5.32 Å². The maximum atomic E-state index is 13.4. The van der Waals surface area contributed by atoms with Gasteiger partial charge < -0.3 is 5.32 Å². The summed E-state index contributed by atoms with van der Waals surface area (Å²) in [6, 6.07) is 23.5. The Morgan fingerprint density at radius 3 is 2.41 bits per heavy atom. The number of hydrogen-bond acceptors (Lipinski definition) is 4. The maximum absolute atomic E-state index is 13.4. The number of carbonyl (C=O) groups excluding carboxylic acids is 2. The lowest BCUT2D eigenvalue weighted by Gasteiger charge is -2.15. The van der Waals surface area contributed by atoms with Gasteiger partial charge in [-0.15, -0.1) is 11.3 Å². The second kappa shape index (κ2) is 8.40. The molecule has 5 rings (SSSR count). The molecule has 6 heteroatoms. The fourth-order valence-electron chi connectivity index (χ4n) is 3.91. The predicted molar refractivity (Wildman–Crippen MR) is 126 cm³/mol. The maximum Gasteiger partial charge on any atom is 0.278 e. The molecule has 2 heterocycles. The van der Waals surface area contributed by atoms with E-state index >= 15 is 0 Å². The number of rotatable bonds is 6. The second-order valence-electron chi connectivity index (χ2n) is 7.52. The molecule has 0 atom stereocenters. The number of halogens is 1. The largest absolute Gasteiger partial charge is 0.350 e. The molecule has 1 aliphatic heterocycles. The summed E-state index contributed by atoms with van der Waals surface area (Å²) >= 11 is 1.42. The Morgan fingerprint density at radius 2 is 1.62 bits per heavy atom. The van der Waals surface area contributed by atoms with Gasteiger partial charge in [-0.05, 0) is 47.0 Å². The van der Waals surface area contributed by atoms with E-state index in [4.69, 9.17) is 0 Å². The van der Waals surface area contributed by atoms with E-state index in [1.54, 1.807) is 12.1 Å². The smallest absolute Gasteiger partial charge is 0.278 e. The van der Waals surface area contributed by atoms with Crippen LogP contribution in [0, 0.1) is 5.82 Å². The summed E-state index contributed by atoms with van der Waals surface area (Å²) in [4.78, 5) is 28.7. The molecule has 3 aromatic carbocycles. The number of carbonyl (C=O) groups is 2. The monoisotopic (exact) mass is 442 g/mol. The normalized spacial score (nSPS) is 14.0. The van der Waals surface area contributed by atoms with Crippen molar-refractivity contribution >= 4 is 45.2 Å². The molecule has 0 radical (unpaired) electrons. The number of thiophene rings is 1. The SMILES string of the molecule is O=C1C(Nc2cccc3ccccc23)=C(c2cccs2)C(=O)N1CCc1ccc(F)cc1. The highest BCUT2D eigenvalue weighted by atomic mass is 32.1. The topological polar surface area (TPSA) is 49.4 Å². The minimum absolute atomic E-state index is 0.221. The van der Waals surface area contributed by atoms with E-state index in [1.807, 2.05) is 60.0 Å². The van der Waals surface area contributed by atoms with E-state index in [9.17, 15) is 14.0 Å². The van der Waals surface area contributed by atoms with Crippen LogP contribution in [0.5, 0.6) is 0 Å². The Balaban J connectivity index is 1.48. The van der Waals surface area contributed by atoms with Gasteiger partial charge in [0.2, 0.25) is 0 Å². The van der Waals surface area contributed by atoms with Crippen molar-refractivity contribution in [3.05, 3.63) is 106 Å². The molecule has 0 unspecified atom stereocenters. The van der Waals surface area contributed by atoms with Crippen molar-refractivity contribution in [2.45, 2.75) is 6.42 Å². The Kier molecular flexibility index (Phi) is 5.29. The number of amides is 2. The van der Waals surface area contributed by atoms with Gasteiger partial charge in [0.1, 0.15) is 11.5 Å². The number of fused-ring (bicyclic) bond motifs is 1. The molecule has 1 aromatic heterocycles. The van der Waals surface area contributed by atoms with Gasteiger partial charge in [0, 0.05) is 22.5 Å². The number of anilines is 1. The number of nitrogens with zero attached hydrogens (tertiary/aromatic N) is 1. The molecule has 0 saturated heterocycles. The van der Waals surface area contributed by atoms with Crippen molar-refractivity contribution in [3.8, 4) is 0 Å². The van der Waals surface area contributed by atoms with Crippen LogP contribution in [-0.2, 0) is 16.0 Å². The zero-order valence-electron chi connectivity index (χ0n) is 17.0. The third kappa shape index (κ3) is 3.69. The van der Waals surface area contributed by atoms with Gasteiger partial charge in [0.15, 0.2) is 0 Å². The minimum Gasteiger partial charge on any atom is -0.350 e. The Labute approximate surface area is 188 Å². The fourth-order valence-corrected chi connectivity index (χ4v) is 4.67. The Morgan fingerprint density at radius 1 is 0.844 bits per heavy atom. The van der Waals surface area contributed by atoms with Crippen LogP contribution in [0.15, 0.2) is 89.9 Å². The molecule has 158 valence electrons. The van der Waals surface area contributed by atoms with Crippen molar-refractivity contribution in [2.24, 2.45) is 0 Å². The first kappa shape index (κ1) is 20.2. The quantitative estimate of drug-likeness (QED) is 0.403. The van der Waals surface area contributed by atoms with Crippen LogP contribution in [0.2, 0.25) is 0 Å². The average Bonchev–Trinajstić information content (AvgIpc) is 3.41. The fraction of sp³-hybridized carbons (Fsp3) is 0.0769. The van der Waals surface area contributed by atoms with E-state index in [0.29, 0.717) is 12.0 Å². The first-order valence-corrected chi connectivity index (χ1v) is 11.1. The molecule has 1 aliphatic rings. The first-order valence-electron chi connectivity index (χ1n) is 10.3. The van der Waals surface area contributed by atoms with Crippen molar-refractivity contribution in [2.75, 3.05) is 11.9 Å². The number of benzene rings is 3. The van der Waals surface area contributed by atoms with Crippen molar-refractivity contribution < 1.29 is 14.0 Å². The van der Waals surface area contributed by atoms with Crippen molar-refractivity contribution in [1.82, 2.24) is 4.90 Å². The third-order valence-corrected chi connectivity index (χ3v) is 6.41. The van der Waals surface area contributed by atoms with Crippen LogP contribution < -0.4 is 5.32 Å². The van der Waals surface area contributed by atoms with Crippen LogP contribution in [0.3, 0.4) is 0 Å². The molecule has 1 N–H and O–H groups in total. The molecule has 2 amide bonds. The lowest BCUT2D eigenvalue weighted by molar-refractivity contribution is -0.136. The van der Waals surface area contributed by atoms with Gasteiger partial charge in [-0.25, -0.2) is 4.39 Å². The summed E-state index contributed by atoms with van der Waals surface area (Å²) in [7, 11) is 0. The Hall–Kier alpha value is -3.77. The summed E-state index contributed by atoms with van der Waals surface area (Å²) < 4.78 is 13.2. The summed E-state index contributed by atoms with van der Waals surface area (Å²) in [6.45, 7) is 0.221. The predicted octanol–water partition coefficient (Wildman–Crippen LogP) is 5.48. The molecule has 0 aliphatic carbocycles. The van der Waals surface area contributed by atoms with Gasteiger partial charge in [-0.1, -0.05) is 54.6 Å². The minimum atomic E-state index is -0.353. The third-order valence-electron chi connectivity index (χ3n) is 5.52. The van der Waals surface area contributed by atoms with Gasteiger partial charge in [0.25, 0.3) is 11.8 Å². The van der Waals surface area contributed by atoms with Crippen LogP contribution in [0.25, 0.3) is 16.3 Å². The van der Waals surface area contributed by atoms with E-state index in [1.165, 1.54) is 28.4 Å². The van der Waals surface area contributed by atoms with Crippen LogP contribution >= 0.6 is 11.3 Å². The molecule has 32 heavy (non-hydrogen) atoms. The van der Waals surface area contributed by atoms with Crippen molar-refractivity contribution in [1.29, 1.82) is 0 Å². The van der Waals surface area contributed by atoms with E-state index < -0.39 is 0 Å². The highest BCUT2D eigenvalue weighted by Crippen LogP contribution is 2.34. The molecule has 4 aromatic rings.